The second-order valence-corrected chi connectivity index (χ2v) is 6.31. The molecule has 3 N–H and O–H groups in total. The van der Waals surface area contributed by atoms with Crippen LogP contribution in [0.2, 0.25) is 0 Å². The predicted molar refractivity (Wildman–Crippen MR) is 106 cm³/mol. The van der Waals surface area contributed by atoms with Crippen LogP contribution in [-0.4, -0.2) is 45.7 Å². The third-order valence-corrected chi connectivity index (χ3v) is 4.66. The van der Waals surface area contributed by atoms with Crippen molar-refractivity contribution >= 4 is 23.0 Å². The van der Waals surface area contributed by atoms with Gasteiger partial charge < -0.3 is 25.6 Å². The summed E-state index contributed by atoms with van der Waals surface area (Å²) in [6.07, 6.45) is 0. The highest BCUT2D eigenvalue weighted by Gasteiger charge is 2.22. The quantitative estimate of drug-likeness (QED) is 0.807. The number of piperazine rings is 1. The summed E-state index contributed by atoms with van der Waals surface area (Å²) in [6, 6.07) is 13.7. The summed E-state index contributed by atoms with van der Waals surface area (Å²) in [5, 5.41) is 2.87. The van der Waals surface area contributed by atoms with E-state index in [2.05, 4.69) is 27.2 Å². The molecule has 26 heavy (non-hydrogen) atoms. The van der Waals surface area contributed by atoms with Crippen LogP contribution < -0.4 is 25.6 Å². The van der Waals surface area contributed by atoms with Crippen LogP contribution in [0.3, 0.4) is 0 Å². The Morgan fingerprint density at radius 2 is 1.73 bits per heavy atom. The van der Waals surface area contributed by atoms with Gasteiger partial charge in [0.15, 0.2) is 0 Å². The minimum absolute atomic E-state index is 0.0765. The maximum absolute atomic E-state index is 12.4. The number of hydrogen-bond donors (Lipinski definition) is 2. The molecule has 0 aliphatic carbocycles. The number of carbonyl (C=O) groups is 1. The number of ether oxygens (including phenoxy) is 1. The second kappa shape index (κ2) is 7.99. The van der Waals surface area contributed by atoms with E-state index in [1.54, 1.807) is 13.2 Å². The summed E-state index contributed by atoms with van der Waals surface area (Å²) < 4.78 is 5.22. The highest BCUT2D eigenvalue weighted by Crippen LogP contribution is 2.26. The van der Waals surface area contributed by atoms with Crippen molar-refractivity contribution in [2.45, 2.75) is 6.92 Å². The van der Waals surface area contributed by atoms with E-state index >= 15 is 0 Å². The topological polar surface area (TPSA) is 70.8 Å². The number of carbonyl (C=O) groups excluding carboxylic acids is 1. The summed E-state index contributed by atoms with van der Waals surface area (Å²) in [5.41, 5.74) is 9.27. The molecule has 6 heteroatoms. The molecule has 0 atom stereocenters. The van der Waals surface area contributed by atoms with Crippen LogP contribution in [-0.2, 0) is 0 Å². The molecule has 6 nitrogen and oxygen atoms in total. The zero-order valence-electron chi connectivity index (χ0n) is 15.4. The van der Waals surface area contributed by atoms with E-state index < -0.39 is 0 Å². The van der Waals surface area contributed by atoms with E-state index in [1.165, 1.54) is 5.69 Å². The molecule has 0 saturated carbocycles. The van der Waals surface area contributed by atoms with Crippen LogP contribution in [0.25, 0.3) is 0 Å². The molecule has 1 amide bonds. The van der Waals surface area contributed by atoms with Gasteiger partial charge in [-0.3, -0.25) is 4.79 Å². The van der Waals surface area contributed by atoms with Gasteiger partial charge in [0.25, 0.3) is 5.91 Å². The van der Waals surface area contributed by atoms with Crippen molar-refractivity contribution in [3.63, 3.8) is 0 Å². The summed E-state index contributed by atoms with van der Waals surface area (Å²) in [7, 11) is 1.67. The zero-order chi connectivity index (χ0) is 18.5. The Hall–Kier alpha value is -2.89. The van der Waals surface area contributed by atoms with Crippen molar-refractivity contribution in [2.75, 3.05) is 55.4 Å². The Bertz CT molecular complexity index is 753. The Morgan fingerprint density at radius 3 is 2.35 bits per heavy atom. The van der Waals surface area contributed by atoms with E-state index in [1.807, 2.05) is 31.2 Å². The lowest BCUT2D eigenvalue weighted by Crippen LogP contribution is -2.47. The number of nitrogens with one attached hydrogen (secondary N) is 1. The van der Waals surface area contributed by atoms with Crippen LogP contribution >= 0.6 is 0 Å². The summed E-state index contributed by atoms with van der Waals surface area (Å²) >= 11 is 0. The van der Waals surface area contributed by atoms with Gasteiger partial charge in [0, 0.05) is 49.8 Å². The van der Waals surface area contributed by atoms with Crippen LogP contribution in [0.15, 0.2) is 42.5 Å². The number of rotatable bonds is 5. The number of nitrogen functional groups attached to an aromatic ring is 1. The number of nitrogens with zero attached hydrogens (tertiary/aromatic N) is 2. The third kappa shape index (κ3) is 3.85. The minimum Gasteiger partial charge on any atom is -0.497 e. The molecule has 0 unspecified atom stereocenters. The van der Waals surface area contributed by atoms with Gasteiger partial charge in [0.2, 0.25) is 0 Å². The molecule has 1 fully saturated rings. The van der Waals surface area contributed by atoms with Crippen molar-refractivity contribution in [1.29, 1.82) is 0 Å². The van der Waals surface area contributed by atoms with Gasteiger partial charge >= 0.3 is 0 Å². The first-order valence-corrected chi connectivity index (χ1v) is 8.94. The highest BCUT2D eigenvalue weighted by molar-refractivity contribution is 6.00. The van der Waals surface area contributed by atoms with E-state index in [-0.39, 0.29) is 5.91 Å². The van der Waals surface area contributed by atoms with Gasteiger partial charge in [-0.1, -0.05) is 0 Å². The van der Waals surface area contributed by atoms with Gasteiger partial charge in [-0.15, -0.1) is 0 Å². The molecule has 3 rings (SSSR count). The van der Waals surface area contributed by atoms with Crippen molar-refractivity contribution < 1.29 is 9.53 Å². The fraction of sp³-hybridized carbons (Fsp3) is 0.350. The molecule has 0 radical (unpaired) electrons. The number of benzene rings is 2. The maximum Gasteiger partial charge on any atom is 0.253 e. The highest BCUT2D eigenvalue weighted by atomic mass is 16.5. The predicted octanol–water partition coefficient (Wildman–Crippen LogP) is 2.35. The van der Waals surface area contributed by atoms with E-state index in [0.29, 0.717) is 17.8 Å². The van der Waals surface area contributed by atoms with Crippen molar-refractivity contribution in [3.05, 3.63) is 48.0 Å². The average molecular weight is 354 g/mol. The third-order valence-electron chi connectivity index (χ3n) is 4.66. The van der Waals surface area contributed by atoms with Gasteiger partial charge in [0.1, 0.15) is 5.75 Å². The first kappa shape index (κ1) is 17.9. The lowest BCUT2D eigenvalue weighted by atomic mass is 10.1. The second-order valence-electron chi connectivity index (χ2n) is 6.31. The lowest BCUT2D eigenvalue weighted by Gasteiger charge is -2.38. The Kier molecular flexibility index (Phi) is 5.51. The first-order valence-electron chi connectivity index (χ1n) is 8.94. The van der Waals surface area contributed by atoms with Gasteiger partial charge in [-0.2, -0.15) is 0 Å². The summed E-state index contributed by atoms with van der Waals surface area (Å²) in [5.74, 6) is 0.785. The van der Waals surface area contributed by atoms with Crippen molar-refractivity contribution in [3.8, 4) is 5.75 Å². The molecular weight excluding hydrogens is 328 g/mol. The molecule has 138 valence electrons. The van der Waals surface area contributed by atoms with Crippen LogP contribution in [0, 0.1) is 0 Å². The molecule has 0 aromatic heterocycles. The zero-order valence-corrected chi connectivity index (χ0v) is 15.4. The fourth-order valence-corrected chi connectivity index (χ4v) is 3.27. The molecule has 1 saturated heterocycles. The number of anilines is 3. The SMILES string of the molecule is CCNC(=O)c1cc(N)ccc1N1CCN(c2ccc(OC)cc2)CC1. The molecule has 0 bridgehead atoms. The monoisotopic (exact) mass is 354 g/mol. The van der Waals surface area contributed by atoms with Crippen LogP contribution in [0.1, 0.15) is 17.3 Å². The number of hydrogen-bond acceptors (Lipinski definition) is 5. The Labute approximate surface area is 154 Å². The largest absolute Gasteiger partial charge is 0.497 e. The van der Waals surface area contributed by atoms with Crippen molar-refractivity contribution in [2.24, 2.45) is 0 Å². The molecule has 2 aromatic carbocycles. The first-order chi connectivity index (χ1) is 12.6. The average Bonchev–Trinajstić information content (AvgIpc) is 2.68. The minimum atomic E-state index is -0.0765. The lowest BCUT2D eigenvalue weighted by molar-refractivity contribution is 0.0956. The molecule has 2 aromatic rings. The molecular formula is C20H26N4O2. The van der Waals surface area contributed by atoms with E-state index in [4.69, 9.17) is 10.5 Å². The molecule has 1 heterocycles. The van der Waals surface area contributed by atoms with Gasteiger partial charge in [0.05, 0.1) is 12.7 Å². The number of nitrogens with two attached hydrogens (primary N) is 1. The number of methoxy groups -OCH3 is 1. The molecule has 1 aliphatic heterocycles. The van der Waals surface area contributed by atoms with Crippen molar-refractivity contribution in [1.82, 2.24) is 5.32 Å². The maximum atomic E-state index is 12.4. The number of amides is 1. The molecule has 0 spiro atoms. The van der Waals surface area contributed by atoms with Gasteiger partial charge in [-0.05, 0) is 49.4 Å². The van der Waals surface area contributed by atoms with E-state index in [0.717, 1.165) is 37.6 Å². The smallest absolute Gasteiger partial charge is 0.253 e. The van der Waals surface area contributed by atoms with Crippen LogP contribution in [0.5, 0.6) is 5.75 Å². The summed E-state index contributed by atoms with van der Waals surface area (Å²) in [4.78, 5) is 17.0. The Balaban J connectivity index is 1.72. The Morgan fingerprint density at radius 1 is 1.08 bits per heavy atom. The van der Waals surface area contributed by atoms with E-state index in [9.17, 15) is 4.79 Å². The van der Waals surface area contributed by atoms with Crippen LogP contribution in [0.4, 0.5) is 17.1 Å². The van der Waals surface area contributed by atoms with Gasteiger partial charge in [-0.25, -0.2) is 0 Å². The fourth-order valence-electron chi connectivity index (χ4n) is 3.27. The summed E-state index contributed by atoms with van der Waals surface area (Å²) in [6.45, 7) is 6.00. The molecule has 1 aliphatic rings. The normalized spacial score (nSPS) is 14.2. The standard InChI is InChI=1S/C20H26N4O2/c1-3-22-20(25)18-14-15(21)4-9-19(18)24-12-10-23(11-13-24)16-5-7-17(26-2)8-6-16/h4-9,14H,3,10-13,21H2,1-2H3,(H,22,25).